The van der Waals surface area contributed by atoms with Crippen LogP contribution in [0, 0.1) is 23.2 Å². The van der Waals surface area contributed by atoms with Crippen molar-refractivity contribution in [2.75, 3.05) is 32.8 Å². The standard InChI is InChI=1S/C20H32N4O4/c1-2-28-19(26)13-17(14-21)23-18(25)12-16-4-3-10-24(20(16)27)11-7-15-5-8-22-9-6-15/h15-17,22H,2-13H2,1H3,(H,23,25). The van der Waals surface area contributed by atoms with Crippen molar-refractivity contribution in [1.29, 1.82) is 5.26 Å². The summed E-state index contributed by atoms with van der Waals surface area (Å²) in [4.78, 5) is 38.4. The van der Waals surface area contributed by atoms with Crippen molar-refractivity contribution in [2.24, 2.45) is 11.8 Å². The number of carbonyl (C=O) groups excluding carboxylic acids is 3. The molecule has 2 amide bonds. The van der Waals surface area contributed by atoms with E-state index in [2.05, 4.69) is 10.6 Å². The summed E-state index contributed by atoms with van der Waals surface area (Å²) in [7, 11) is 0. The second-order valence-corrected chi connectivity index (χ2v) is 7.61. The second-order valence-electron chi connectivity index (χ2n) is 7.61. The van der Waals surface area contributed by atoms with Gasteiger partial charge in [0.15, 0.2) is 0 Å². The molecule has 0 radical (unpaired) electrons. The van der Waals surface area contributed by atoms with E-state index in [1.54, 1.807) is 6.92 Å². The van der Waals surface area contributed by atoms with Gasteiger partial charge in [-0.3, -0.25) is 14.4 Å². The van der Waals surface area contributed by atoms with Crippen molar-refractivity contribution >= 4 is 17.8 Å². The minimum atomic E-state index is -0.929. The highest BCUT2D eigenvalue weighted by atomic mass is 16.5. The molecule has 8 heteroatoms. The van der Waals surface area contributed by atoms with Crippen LogP contribution in [0.25, 0.3) is 0 Å². The summed E-state index contributed by atoms with van der Waals surface area (Å²) in [5.41, 5.74) is 0. The van der Waals surface area contributed by atoms with Crippen LogP contribution in [0.4, 0.5) is 0 Å². The molecule has 2 unspecified atom stereocenters. The van der Waals surface area contributed by atoms with Gasteiger partial charge in [-0.15, -0.1) is 0 Å². The summed E-state index contributed by atoms with van der Waals surface area (Å²) in [6.07, 6.45) is 4.78. The number of ether oxygens (including phenoxy) is 1. The molecule has 0 spiro atoms. The smallest absolute Gasteiger partial charge is 0.308 e. The molecule has 0 aromatic rings. The lowest BCUT2D eigenvalue weighted by molar-refractivity contribution is -0.144. The number of esters is 1. The molecule has 156 valence electrons. The van der Waals surface area contributed by atoms with Crippen LogP contribution in [0.3, 0.4) is 0 Å². The van der Waals surface area contributed by atoms with Crippen LogP contribution >= 0.6 is 0 Å². The third-order valence-corrected chi connectivity index (χ3v) is 5.51. The topological polar surface area (TPSA) is 112 Å². The fraction of sp³-hybridized carbons (Fsp3) is 0.800. The molecular weight excluding hydrogens is 360 g/mol. The maximum Gasteiger partial charge on any atom is 0.308 e. The van der Waals surface area contributed by atoms with Crippen molar-refractivity contribution in [3.05, 3.63) is 0 Å². The first-order valence-electron chi connectivity index (χ1n) is 10.4. The third-order valence-electron chi connectivity index (χ3n) is 5.51. The van der Waals surface area contributed by atoms with Gasteiger partial charge in [-0.25, -0.2) is 0 Å². The van der Waals surface area contributed by atoms with Gasteiger partial charge < -0.3 is 20.3 Å². The highest BCUT2D eigenvalue weighted by molar-refractivity contribution is 5.86. The van der Waals surface area contributed by atoms with Gasteiger partial charge in [0.05, 0.1) is 19.1 Å². The summed E-state index contributed by atoms with van der Waals surface area (Å²) in [6.45, 7) is 5.52. The summed E-state index contributed by atoms with van der Waals surface area (Å²) in [5, 5.41) is 15.0. The monoisotopic (exact) mass is 392 g/mol. The largest absolute Gasteiger partial charge is 0.466 e. The Morgan fingerprint density at radius 1 is 1.36 bits per heavy atom. The zero-order valence-electron chi connectivity index (χ0n) is 16.7. The minimum Gasteiger partial charge on any atom is -0.466 e. The summed E-state index contributed by atoms with van der Waals surface area (Å²) in [5.74, 6) is -0.531. The lowest BCUT2D eigenvalue weighted by Crippen LogP contribution is -2.45. The molecule has 2 N–H and O–H groups in total. The number of nitriles is 1. The van der Waals surface area contributed by atoms with Gasteiger partial charge in [0, 0.05) is 25.4 Å². The Balaban J connectivity index is 1.78. The Labute approximate surface area is 167 Å². The van der Waals surface area contributed by atoms with Crippen LogP contribution in [0.5, 0.6) is 0 Å². The van der Waals surface area contributed by atoms with Gasteiger partial charge in [0.25, 0.3) is 0 Å². The number of nitrogens with one attached hydrogen (secondary N) is 2. The first-order chi connectivity index (χ1) is 13.5. The SMILES string of the molecule is CCOC(=O)CC(C#N)NC(=O)CC1CCCN(CCC2CCNCC2)C1=O. The maximum absolute atomic E-state index is 12.7. The Bertz CT molecular complexity index is 583. The third kappa shape index (κ3) is 7.12. The fourth-order valence-corrected chi connectivity index (χ4v) is 3.93. The average molecular weight is 393 g/mol. The van der Waals surface area contributed by atoms with Crippen LogP contribution in [0.15, 0.2) is 0 Å². The number of rotatable bonds is 9. The number of nitrogens with zero attached hydrogens (tertiary/aromatic N) is 2. The molecule has 2 fully saturated rings. The van der Waals surface area contributed by atoms with E-state index in [9.17, 15) is 14.4 Å². The van der Waals surface area contributed by atoms with Gasteiger partial charge in [-0.2, -0.15) is 5.26 Å². The summed E-state index contributed by atoms with van der Waals surface area (Å²) in [6, 6.07) is 0.974. The lowest BCUT2D eigenvalue weighted by atomic mass is 9.91. The van der Waals surface area contributed by atoms with E-state index in [0.717, 1.165) is 51.9 Å². The van der Waals surface area contributed by atoms with E-state index >= 15 is 0 Å². The molecular formula is C20H32N4O4. The highest BCUT2D eigenvalue weighted by Crippen LogP contribution is 2.23. The van der Waals surface area contributed by atoms with E-state index in [0.29, 0.717) is 12.3 Å². The van der Waals surface area contributed by atoms with E-state index in [4.69, 9.17) is 10.00 Å². The molecule has 28 heavy (non-hydrogen) atoms. The van der Waals surface area contributed by atoms with Crippen LogP contribution in [-0.2, 0) is 19.1 Å². The quantitative estimate of drug-likeness (QED) is 0.566. The Hall–Kier alpha value is -2.14. The normalized spacial score (nSPS) is 21.6. The molecule has 2 aliphatic rings. The summed E-state index contributed by atoms with van der Waals surface area (Å²) < 4.78 is 4.81. The van der Waals surface area contributed by atoms with Gasteiger partial charge in [-0.05, 0) is 58.0 Å². The molecule has 0 aromatic carbocycles. The van der Waals surface area contributed by atoms with Crippen molar-refractivity contribution in [2.45, 2.75) is 57.9 Å². The average Bonchev–Trinajstić information content (AvgIpc) is 2.69. The molecule has 0 bridgehead atoms. The Morgan fingerprint density at radius 3 is 2.79 bits per heavy atom. The first-order valence-corrected chi connectivity index (χ1v) is 10.4. The number of hydrogen-bond donors (Lipinski definition) is 2. The van der Waals surface area contributed by atoms with Gasteiger partial charge in [0.2, 0.25) is 11.8 Å². The molecule has 0 saturated carbocycles. The van der Waals surface area contributed by atoms with Crippen LogP contribution in [0.2, 0.25) is 0 Å². The highest BCUT2D eigenvalue weighted by Gasteiger charge is 2.31. The fourth-order valence-electron chi connectivity index (χ4n) is 3.93. The van der Waals surface area contributed by atoms with E-state index < -0.39 is 12.0 Å². The van der Waals surface area contributed by atoms with E-state index in [1.807, 2.05) is 11.0 Å². The Kier molecular flexibility index (Phi) is 9.21. The molecule has 2 saturated heterocycles. The zero-order chi connectivity index (χ0) is 20.4. The van der Waals surface area contributed by atoms with Crippen molar-refractivity contribution in [1.82, 2.24) is 15.5 Å². The lowest BCUT2D eigenvalue weighted by Gasteiger charge is -2.33. The number of piperidine rings is 2. The first kappa shape index (κ1) is 22.2. The molecule has 2 rings (SSSR count). The van der Waals surface area contributed by atoms with Crippen molar-refractivity contribution < 1.29 is 19.1 Å². The van der Waals surface area contributed by atoms with Crippen molar-refractivity contribution in [3.8, 4) is 6.07 Å². The summed E-state index contributed by atoms with van der Waals surface area (Å²) >= 11 is 0. The van der Waals surface area contributed by atoms with Gasteiger partial charge in [-0.1, -0.05) is 0 Å². The van der Waals surface area contributed by atoms with Crippen LogP contribution < -0.4 is 10.6 Å². The molecule has 2 aliphatic heterocycles. The minimum absolute atomic E-state index is 0.0363. The number of carbonyl (C=O) groups is 3. The molecule has 8 nitrogen and oxygen atoms in total. The van der Waals surface area contributed by atoms with Crippen molar-refractivity contribution in [3.63, 3.8) is 0 Å². The van der Waals surface area contributed by atoms with E-state index in [-0.39, 0.29) is 37.2 Å². The second kappa shape index (κ2) is 11.6. The van der Waals surface area contributed by atoms with Crippen LogP contribution in [0.1, 0.15) is 51.9 Å². The Morgan fingerprint density at radius 2 is 2.11 bits per heavy atom. The molecule has 0 aliphatic carbocycles. The maximum atomic E-state index is 12.7. The van der Waals surface area contributed by atoms with Gasteiger partial charge >= 0.3 is 5.97 Å². The number of amides is 2. The zero-order valence-corrected chi connectivity index (χ0v) is 16.7. The molecule has 2 heterocycles. The number of likely N-dealkylation sites (tertiary alicyclic amines) is 1. The van der Waals surface area contributed by atoms with E-state index in [1.165, 1.54) is 0 Å². The number of hydrogen-bond acceptors (Lipinski definition) is 6. The predicted octanol–water partition coefficient (Wildman–Crippen LogP) is 0.966. The van der Waals surface area contributed by atoms with Crippen LogP contribution in [-0.4, -0.2) is 61.5 Å². The molecule has 2 atom stereocenters. The molecule has 0 aromatic heterocycles. The van der Waals surface area contributed by atoms with Gasteiger partial charge in [0.1, 0.15) is 6.04 Å². The predicted molar refractivity (Wildman–Crippen MR) is 103 cm³/mol.